The van der Waals surface area contributed by atoms with E-state index in [1.54, 1.807) is 0 Å². The highest BCUT2D eigenvalue weighted by atomic mass is 16.5. The molecule has 0 radical (unpaired) electrons. The fourth-order valence-corrected chi connectivity index (χ4v) is 3.30. The van der Waals surface area contributed by atoms with Crippen LogP contribution in [-0.4, -0.2) is 60.4 Å². The van der Waals surface area contributed by atoms with Crippen molar-refractivity contribution >= 4 is 11.8 Å². The number of aliphatic hydroxyl groups is 1. The van der Waals surface area contributed by atoms with Gasteiger partial charge in [0.2, 0.25) is 0 Å². The second-order valence-electron chi connectivity index (χ2n) is 5.86. The molecular formula is C17H22N2O3. The molecule has 3 rings (SSSR count). The van der Waals surface area contributed by atoms with Crippen molar-refractivity contribution in [2.75, 3.05) is 32.8 Å². The van der Waals surface area contributed by atoms with Gasteiger partial charge in [0.05, 0.1) is 25.5 Å². The Morgan fingerprint density at radius 1 is 1.32 bits per heavy atom. The number of hydrogen-bond donors (Lipinski definition) is 2. The van der Waals surface area contributed by atoms with Crippen LogP contribution in [0.4, 0.5) is 0 Å². The molecule has 118 valence electrons. The second-order valence-corrected chi connectivity index (χ2v) is 5.86. The summed E-state index contributed by atoms with van der Waals surface area (Å²) in [7, 11) is 0. The largest absolute Gasteiger partial charge is 0.411 e. The standard InChI is InChI=1S/C17H22N2O3/c20-15(12-19-5-7-22-8-6-19)10-13-9-14(11-18-21)17-4-2-1-3-16(13)17/h1-4,9,11,13,15,20-21H,5-8,10,12H2/b18-11-/t13-,15+/m1/s1. The summed E-state index contributed by atoms with van der Waals surface area (Å²) in [6, 6.07) is 8.09. The van der Waals surface area contributed by atoms with Gasteiger partial charge in [0, 0.05) is 31.1 Å². The highest BCUT2D eigenvalue weighted by Gasteiger charge is 2.25. The van der Waals surface area contributed by atoms with Crippen LogP contribution in [0.25, 0.3) is 5.57 Å². The minimum Gasteiger partial charge on any atom is -0.411 e. The molecule has 1 heterocycles. The maximum absolute atomic E-state index is 10.4. The first-order chi connectivity index (χ1) is 10.8. The van der Waals surface area contributed by atoms with Crippen molar-refractivity contribution in [2.45, 2.75) is 18.4 Å². The second kappa shape index (κ2) is 7.05. The number of aliphatic hydroxyl groups excluding tert-OH is 1. The molecule has 1 aliphatic heterocycles. The lowest BCUT2D eigenvalue weighted by Gasteiger charge is -2.29. The molecule has 5 nitrogen and oxygen atoms in total. The van der Waals surface area contributed by atoms with E-state index in [-0.39, 0.29) is 12.0 Å². The zero-order chi connectivity index (χ0) is 15.4. The number of nitrogens with zero attached hydrogens (tertiary/aromatic N) is 2. The summed E-state index contributed by atoms with van der Waals surface area (Å²) in [5.74, 6) is 0.167. The third-order valence-corrected chi connectivity index (χ3v) is 4.35. The van der Waals surface area contributed by atoms with E-state index in [2.05, 4.69) is 22.2 Å². The molecule has 2 atom stereocenters. The zero-order valence-corrected chi connectivity index (χ0v) is 12.6. The van der Waals surface area contributed by atoms with Crippen molar-refractivity contribution in [2.24, 2.45) is 5.16 Å². The molecule has 0 aromatic heterocycles. The summed E-state index contributed by atoms with van der Waals surface area (Å²) in [5, 5.41) is 22.4. The molecule has 1 saturated heterocycles. The Morgan fingerprint density at radius 3 is 2.86 bits per heavy atom. The van der Waals surface area contributed by atoms with E-state index in [0.717, 1.165) is 37.4 Å². The molecule has 0 unspecified atom stereocenters. The van der Waals surface area contributed by atoms with E-state index in [0.29, 0.717) is 13.0 Å². The van der Waals surface area contributed by atoms with Crippen LogP contribution >= 0.6 is 0 Å². The topological polar surface area (TPSA) is 65.3 Å². The van der Waals surface area contributed by atoms with Gasteiger partial charge in [-0.2, -0.15) is 0 Å². The van der Waals surface area contributed by atoms with E-state index in [4.69, 9.17) is 9.94 Å². The van der Waals surface area contributed by atoms with Gasteiger partial charge in [-0.25, -0.2) is 0 Å². The average molecular weight is 302 g/mol. The van der Waals surface area contributed by atoms with Gasteiger partial charge in [-0.3, -0.25) is 4.90 Å². The summed E-state index contributed by atoms with van der Waals surface area (Å²) >= 11 is 0. The molecule has 0 amide bonds. The van der Waals surface area contributed by atoms with Gasteiger partial charge in [0.15, 0.2) is 0 Å². The number of hydrogen-bond acceptors (Lipinski definition) is 5. The Hall–Kier alpha value is -1.69. The molecule has 0 spiro atoms. The van der Waals surface area contributed by atoms with Gasteiger partial charge in [-0.05, 0) is 17.5 Å². The predicted molar refractivity (Wildman–Crippen MR) is 85.3 cm³/mol. The van der Waals surface area contributed by atoms with Crippen molar-refractivity contribution < 1.29 is 15.1 Å². The molecular weight excluding hydrogens is 280 g/mol. The van der Waals surface area contributed by atoms with Crippen LogP contribution in [0.1, 0.15) is 23.5 Å². The summed E-state index contributed by atoms with van der Waals surface area (Å²) < 4.78 is 5.33. The van der Waals surface area contributed by atoms with Gasteiger partial charge in [-0.15, -0.1) is 0 Å². The number of β-amino-alcohol motifs (C(OH)–C–C–N with tert-alkyl or cyclic N) is 1. The van der Waals surface area contributed by atoms with Crippen LogP contribution in [0.5, 0.6) is 0 Å². The van der Waals surface area contributed by atoms with E-state index >= 15 is 0 Å². The summed E-state index contributed by atoms with van der Waals surface area (Å²) in [6.07, 6.45) is 3.84. The minimum absolute atomic E-state index is 0.167. The average Bonchev–Trinajstić information content (AvgIpc) is 2.87. The smallest absolute Gasteiger partial charge is 0.0736 e. The Morgan fingerprint density at radius 2 is 2.09 bits per heavy atom. The van der Waals surface area contributed by atoms with Crippen LogP contribution in [-0.2, 0) is 4.74 Å². The fourth-order valence-electron chi connectivity index (χ4n) is 3.30. The van der Waals surface area contributed by atoms with Crippen molar-refractivity contribution in [3.63, 3.8) is 0 Å². The number of rotatable bonds is 5. The Labute approximate surface area is 130 Å². The van der Waals surface area contributed by atoms with E-state index in [9.17, 15) is 5.11 Å². The summed E-state index contributed by atoms with van der Waals surface area (Å²) in [5.41, 5.74) is 3.20. The first kappa shape index (κ1) is 15.2. The van der Waals surface area contributed by atoms with Gasteiger partial charge in [-0.1, -0.05) is 35.5 Å². The maximum Gasteiger partial charge on any atom is 0.0736 e. The zero-order valence-electron chi connectivity index (χ0n) is 12.6. The lowest BCUT2D eigenvalue weighted by molar-refractivity contribution is 0.0126. The van der Waals surface area contributed by atoms with Crippen molar-refractivity contribution in [1.29, 1.82) is 0 Å². The monoisotopic (exact) mass is 302 g/mol. The van der Waals surface area contributed by atoms with Crippen LogP contribution in [0, 0.1) is 0 Å². The third kappa shape index (κ3) is 3.38. The molecule has 0 saturated carbocycles. The Balaban J connectivity index is 1.66. The Kier molecular flexibility index (Phi) is 4.87. The van der Waals surface area contributed by atoms with E-state index in [1.807, 2.05) is 18.2 Å². The number of fused-ring (bicyclic) bond motifs is 1. The molecule has 5 heteroatoms. The quantitative estimate of drug-likeness (QED) is 0.494. The SMILES string of the molecule is O/N=C\C1=C[C@H](C[C@H](O)CN2CCOCC2)c2ccccc21. The van der Waals surface area contributed by atoms with Gasteiger partial charge >= 0.3 is 0 Å². The van der Waals surface area contributed by atoms with Crippen molar-refractivity contribution in [3.8, 4) is 0 Å². The maximum atomic E-state index is 10.4. The van der Waals surface area contributed by atoms with Gasteiger partial charge < -0.3 is 15.1 Å². The highest BCUT2D eigenvalue weighted by Crippen LogP contribution is 2.37. The fraction of sp³-hybridized carbons (Fsp3) is 0.471. The lowest BCUT2D eigenvalue weighted by atomic mass is 9.94. The first-order valence-corrected chi connectivity index (χ1v) is 7.74. The van der Waals surface area contributed by atoms with Crippen LogP contribution in [0.2, 0.25) is 0 Å². The number of morpholine rings is 1. The van der Waals surface area contributed by atoms with Crippen molar-refractivity contribution in [1.82, 2.24) is 4.90 Å². The van der Waals surface area contributed by atoms with Gasteiger partial charge in [0.25, 0.3) is 0 Å². The molecule has 1 aromatic rings. The predicted octanol–water partition coefficient (Wildman–Crippen LogP) is 1.71. The van der Waals surface area contributed by atoms with Gasteiger partial charge in [0.1, 0.15) is 0 Å². The van der Waals surface area contributed by atoms with E-state index in [1.165, 1.54) is 11.8 Å². The molecule has 2 aliphatic rings. The Bertz CT molecular complexity index is 565. The number of allylic oxidation sites excluding steroid dienone is 2. The van der Waals surface area contributed by atoms with Crippen LogP contribution in [0.15, 0.2) is 35.5 Å². The molecule has 1 fully saturated rings. The molecule has 1 aromatic carbocycles. The molecule has 2 N–H and O–H groups in total. The molecule has 22 heavy (non-hydrogen) atoms. The highest BCUT2D eigenvalue weighted by molar-refractivity contribution is 6.11. The van der Waals surface area contributed by atoms with Crippen LogP contribution in [0.3, 0.4) is 0 Å². The van der Waals surface area contributed by atoms with Crippen LogP contribution < -0.4 is 0 Å². The molecule has 0 bridgehead atoms. The number of oxime groups is 1. The minimum atomic E-state index is -0.377. The third-order valence-electron chi connectivity index (χ3n) is 4.35. The normalized spacial score (nSPS) is 23.5. The van der Waals surface area contributed by atoms with E-state index < -0.39 is 0 Å². The summed E-state index contributed by atoms with van der Waals surface area (Å²) in [4.78, 5) is 2.24. The number of ether oxygens (including phenoxy) is 1. The first-order valence-electron chi connectivity index (χ1n) is 7.74. The summed E-state index contributed by atoms with van der Waals surface area (Å²) in [6.45, 7) is 3.94. The van der Waals surface area contributed by atoms with Crippen molar-refractivity contribution in [3.05, 3.63) is 41.5 Å². The lowest BCUT2D eigenvalue weighted by Crippen LogP contribution is -2.41. The molecule has 1 aliphatic carbocycles. The number of benzene rings is 1.